The minimum Gasteiger partial charge on any atom is -0.480 e. The first-order valence-electron chi connectivity index (χ1n) is 11.9. The van der Waals surface area contributed by atoms with E-state index in [9.17, 15) is 27.6 Å². The minimum absolute atomic E-state index is 0.0130. The molecule has 1 aliphatic carbocycles. The zero-order chi connectivity index (χ0) is 28.9. The predicted octanol–water partition coefficient (Wildman–Crippen LogP) is 4.04. The maximum atomic E-state index is 13.5. The minimum atomic E-state index is -4.58. The highest BCUT2D eigenvalue weighted by molar-refractivity contribution is 6.39. The number of halogens is 3. The standard InChI is InChI=1S/C27H28F3N5O4/c1-5-19-15(3)7-10-22(20(19)6-2)35(14-17-9-8-16(12-32-17)27(28,29)30)26(38)24(37)34-18-11-21(23(31)36)25(39-4)33-13-18/h5-6,8-9,11-13,15,22H,1-2,7,10,14H2,3-4H3,(H2,31,36)(H,34,37). The first-order chi connectivity index (χ1) is 18.4. The Morgan fingerprint density at radius 2 is 1.85 bits per heavy atom. The average molecular weight is 544 g/mol. The molecular formula is C27H28F3N5O4. The van der Waals surface area contributed by atoms with Gasteiger partial charge in [-0.1, -0.05) is 32.2 Å². The molecule has 0 fully saturated rings. The SMILES string of the molecule is C=CC1=C(C=C)C(N(Cc2ccc(C(F)(F)F)cn2)C(=O)C(=O)Nc2cnc(OC)c(C(N)=O)c2)CCC1C. The average Bonchev–Trinajstić information content (AvgIpc) is 2.90. The molecular weight excluding hydrogens is 515 g/mol. The molecule has 206 valence electrons. The Balaban J connectivity index is 1.98. The fourth-order valence-electron chi connectivity index (χ4n) is 4.45. The summed E-state index contributed by atoms with van der Waals surface area (Å²) in [5.41, 5.74) is 5.98. The monoisotopic (exact) mass is 543 g/mol. The van der Waals surface area contributed by atoms with Crippen molar-refractivity contribution in [2.24, 2.45) is 11.7 Å². The molecule has 2 atom stereocenters. The smallest absolute Gasteiger partial charge is 0.417 e. The number of anilines is 1. The van der Waals surface area contributed by atoms with Crippen LogP contribution in [0, 0.1) is 5.92 Å². The largest absolute Gasteiger partial charge is 0.480 e. The highest BCUT2D eigenvalue weighted by atomic mass is 19.4. The van der Waals surface area contributed by atoms with Crippen molar-refractivity contribution in [1.29, 1.82) is 0 Å². The van der Waals surface area contributed by atoms with Gasteiger partial charge in [-0.25, -0.2) is 4.98 Å². The van der Waals surface area contributed by atoms with Crippen LogP contribution >= 0.6 is 0 Å². The molecule has 2 heterocycles. The zero-order valence-corrected chi connectivity index (χ0v) is 21.4. The third-order valence-corrected chi connectivity index (χ3v) is 6.42. The van der Waals surface area contributed by atoms with Gasteiger partial charge in [0.2, 0.25) is 5.88 Å². The Labute approximate surface area is 223 Å². The van der Waals surface area contributed by atoms with Crippen molar-refractivity contribution >= 4 is 23.4 Å². The number of hydrogen-bond acceptors (Lipinski definition) is 6. The van der Waals surface area contributed by atoms with Gasteiger partial charge in [0.05, 0.1) is 42.8 Å². The summed E-state index contributed by atoms with van der Waals surface area (Å²) >= 11 is 0. The van der Waals surface area contributed by atoms with Crippen molar-refractivity contribution in [2.45, 2.75) is 38.5 Å². The number of nitrogens with one attached hydrogen (secondary N) is 1. The topological polar surface area (TPSA) is 128 Å². The van der Waals surface area contributed by atoms with E-state index < -0.39 is 35.5 Å². The first kappa shape index (κ1) is 29.1. The number of rotatable bonds is 8. The van der Waals surface area contributed by atoms with Gasteiger partial charge in [0, 0.05) is 6.20 Å². The highest BCUT2D eigenvalue weighted by Gasteiger charge is 2.35. The molecule has 0 saturated carbocycles. The van der Waals surface area contributed by atoms with E-state index in [4.69, 9.17) is 10.5 Å². The number of carbonyl (C=O) groups excluding carboxylic acids is 3. The van der Waals surface area contributed by atoms with Crippen LogP contribution in [-0.4, -0.2) is 45.7 Å². The van der Waals surface area contributed by atoms with Gasteiger partial charge < -0.3 is 20.7 Å². The number of ether oxygens (including phenoxy) is 1. The van der Waals surface area contributed by atoms with E-state index in [1.54, 1.807) is 12.2 Å². The maximum absolute atomic E-state index is 13.5. The van der Waals surface area contributed by atoms with Crippen LogP contribution in [0.25, 0.3) is 0 Å². The molecule has 0 bridgehead atoms. The summed E-state index contributed by atoms with van der Waals surface area (Å²) < 4.78 is 44.1. The van der Waals surface area contributed by atoms with Gasteiger partial charge in [-0.2, -0.15) is 13.2 Å². The van der Waals surface area contributed by atoms with Gasteiger partial charge >= 0.3 is 18.0 Å². The second kappa shape index (κ2) is 11.9. The number of pyridine rings is 2. The molecule has 0 spiro atoms. The molecule has 0 aliphatic heterocycles. The molecule has 0 radical (unpaired) electrons. The zero-order valence-electron chi connectivity index (χ0n) is 21.4. The Morgan fingerprint density at radius 1 is 1.15 bits per heavy atom. The lowest BCUT2D eigenvalue weighted by atomic mass is 9.80. The lowest BCUT2D eigenvalue weighted by Gasteiger charge is -2.37. The van der Waals surface area contributed by atoms with Crippen LogP contribution in [0.1, 0.15) is 41.4 Å². The highest BCUT2D eigenvalue weighted by Crippen LogP contribution is 2.35. The van der Waals surface area contributed by atoms with Crippen LogP contribution in [0.15, 0.2) is 67.0 Å². The molecule has 0 saturated heterocycles. The van der Waals surface area contributed by atoms with Gasteiger partial charge in [0.1, 0.15) is 5.56 Å². The van der Waals surface area contributed by atoms with Gasteiger partial charge in [0.25, 0.3) is 5.91 Å². The summed E-state index contributed by atoms with van der Waals surface area (Å²) in [4.78, 5) is 47.4. The maximum Gasteiger partial charge on any atom is 0.417 e. The molecule has 2 aromatic rings. The van der Waals surface area contributed by atoms with Gasteiger partial charge in [-0.05, 0) is 48.1 Å². The van der Waals surface area contributed by atoms with Crippen LogP contribution in [0.2, 0.25) is 0 Å². The number of carbonyl (C=O) groups is 3. The Kier molecular flexibility index (Phi) is 8.89. The fraction of sp³-hybridized carbons (Fsp3) is 0.296. The number of nitrogens with two attached hydrogens (primary N) is 1. The van der Waals surface area contributed by atoms with E-state index in [-0.39, 0.29) is 35.3 Å². The normalized spacial score (nSPS) is 17.3. The van der Waals surface area contributed by atoms with Crippen molar-refractivity contribution in [2.75, 3.05) is 12.4 Å². The van der Waals surface area contributed by atoms with E-state index in [2.05, 4.69) is 28.4 Å². The molecule has 2 unspecified atom stereocenters. The number of aromatic nitrogens is 2. The van der Waals surface area contributed by atoms with Gasteiger partial charge in [-0.15, -0.1) is 0 Å². The first-order valence-corrected chi connectivity index (χ1v) is 11.9. The second-order valence-corrected chi connectivity index (χ2v) is 8.88. The van der Waals surface area contributed by atoms with Crippen molar-refractivity contribution in [3.8, 4) is 5.88 Å². The van der Waals surface area contributed by atoms with E-state index in [1.807, 2.05) is 6.92 Å². The number of alkyl halides is 3. The molecule has 2 aromatic heterocycles. The Morgan fingerprint density at radius 3 is 2.38 bits per heavy atom. The van der Waals surface area contributed by atoms with Crippen molar-refractivity contribution in [3.05, 3.63) is 83.9 Å². The van der Waals surface area contributed by atoms with Crippen LogP contribution in [0.3, 0.4) is 0 Å². The molecule has 12 heteroatoms. The Hall–Kier alpha value is -4.48. The lowest BCUT2D eigenvalue weighted by molar-refractivity contribution is -0.145. The third kappa shape index (κ3) is 6.51. The summed E-state index contributed by atoms with van der Waals surface area (Å²) in [6.45, 7) is 9.46. The van der Waals surface area contributed by atoms with Crippen LogP contribution in [0.4, 0.5) is 18.9 Å². The summed E-state index contributed by atoms with van der Waals surface area (Å²) in [5.74, 6) is -2.83. The summed E-state index contributed by atoms with van der Waals surface area (Å²) in [5, 5.41) is 2.40. The van der Waals surface area contributed by atoms with E-state index in [0.29, 0.717) is 24.6 Å². The summed E-state index contributed by atoms with van der Waals surface area (Å²) in [6, 6.07) is 2.62. The van der Waals surface area contributed by atoms with E-state index in [0.717, 1.165) is 17.7 Å². The van der Waals surface area contributed by atoms with E-state index >= 15 is 0 Å². The lowest BCUT2D eigenvalue weighted by Crippen LogP contribution is -2.47. The Bertz CT molecular complexity index is 1320. The molecule has 39 heavy (non-hydrogen) atoms. The summed E-state index contributed by atoms with van der Waals surface area (Å²) in [6.07, 6.45) is 1.67. The number of methoxy groups -OCH3 is 1. The molecule has 3 amide bonds. The molecule has 9 nitrogen and oxygen atoms in total. The van der Waals surface area contributed by atoms with Crippen LogP contribution in [-0.2, 0) is 22.3 Å². The number of allylic oxidation sites excluding steroid dienone is 2. The van der Waals surface area contributed by atoms with Gasteiger partial charge in [-0.3, -0.25) is 19.4 Å². The number of hydrogen-bond donors (Lipinski definition) is 2. The van der Waals surface area contributed by atoms with Crippen molar-refractivity contribution < 1.29 is 32.3 Å². The number of amides is 3. The van der Waals surface area contributed by atoms with E-state index in [1.165, 1.54) is 24.3 Å². The van der Waals surface area contributed by atoms with Crippen LogP contribution < -0.4 is 15.8 Å². The molecule has 0 aromatic carbocycles. The second-order valence-electron chi connectivity index (χ2n) is 8.88. The molecule has 1 aliphatic rings. The van der Waals surface area contributed by atoms with Gasteiger partial charge in [0.15, 0.2) is 0 Å². The third-order valence-electron chi connectivity index (χ3n) is 6.42. The van der Waals surface area contributed by atoms with Crippen molar-refractivity contribution in [3.63, 3.8) is 0 Å². The summed E-state index contributed by atoms with van der Waals surface area (Å²) in [7, 11) is 1.29. The predicted molar refractivity (Wildman–Crippen MR) is 137 cm³/mol. The number of nitrogens with zero attached hydrogens (tertiary/aromatic N) is 3. The fourth-order valence-corrected chi connectivity index (χ4v) is 4.45. The van der Waals surface area contributed by atoms with Crippen LogP contribution in [0.5, 0.6) is 5.88 Å². The molecule has 3 rings (SSSR count). The van der Waals surface area contributed by atoms with Crippen molar-refractivity contribution in [1.82, 2.24) is 14.9 Å². The number of primary amides is 1. The molecule has 3 N–H and O–H groups in total. The quantitative estimate of drug-likeness (QED) is 0.484.